The van der Waals surface area contributed by atoms with Gasteiger partial charge in [0.1, 0.15) is 11.5 Å². The van der Waals surface area contributed by atoms with Gasteiger partial charge in [-0.05, 0) is 36.4 Å². The fraction of sp³-hybridized carbons (Fsp3) is 0.190. The Kier molecular flexibility index (Phi) is 5.62. The molecule has 0 saturated carbocycles. The maximum Gasteiger partial charge on any atom is 0.274 e. The van der Waals surface area contributed by atoms with Crippen molar-refractivity contribution < 1.29 is 13.9 Å². The third-order valence-corrected chi connectivity index (χ3v) is 4.47. The summed E-state index contributed by atoms with van der Waals surface area (Å²) >= 11 is 0. The number of para-hydroxylation sites is 2. The number of hydrogen-bond donors (Lipinski definition) is 2. The number of nitrogens with zero attached hydrogens (tertiary/aromatic N) is 3. The number of ether oxygens (including phenoxy) is 1. The topological polar surface area (TPSA) is 79.4 Å². The maximum atomic E-state index is 13.3. The zero-order valence-electron chi connectivity index (χ0n) is 15.6. The van der Waals surface area contributed by atoms with Gasteiger partial charge in [-0.15, -0.1) is 0 Å². The second kappa shape index (κ2) is 8.66. The molecular weight excluding hydrogens is 373 g/mol. The number of carbonyl (C=O) groups is 1. The molecule has 0 atom stereocenters. The number of anilines is 4. The molecular formula is C21H20FN5O2. The van der Waals surface area contributed by atoms with E-state index in [-0.39, 0.29) is 5.69 Å². The smallest absolute Gasteiger partial charge is 0.274 e. The van der Waals surface area contributed by atoms with Crippen molar-refractivity contribution in [2.75, 3.05) is 41.8 Å². The number of carbonyl (C=O) groups excluding carboxylic acids is 1. The van der Waals surface area contributed by atoms with Crippen molar-refractivity contribution in [1.29, 1.82) is 0 Å². The van der Waals surface area contributed by atoms with E-state index < -0.39 is 11.7 Å². The molecule has 3 aromatic rings. The van der Waals surface area contributed by atoms with Crippen LogP contribution in [-0.4, -0.2) is 42.2 Å². The van der Waals surface area contributed by atoms with Gasteiger partial charge in [0.05, 0.1) is 24.6 Å². The van der Waals surface area contributed by atoms with Gasteiger partial charge >= 0.3 is 0 Å². The lowest BCUT2D eigenvalue weighted by Crippen LogP contribution is -2.36. The fourth-order valence-electron chi connectivity index (χ4n) is 3.09. The Labute approximate surface area is 167 Å². The first-order valence-electron chi connectivity index (χ1n) is 9.28. The van der Waals surface area contributed by atoms with Crippen molar-refractivity contribution in [2.24, 2.45) is 0 Å². The van der Waals surface area contributed by atoms with Gasteiger partial charge in [0.15, 0.2) is 0 Å². The lowest BCUT2D eigenvalue weighted by Gasteiger charge is -2.30. The Hall–Kier alpha value is -3.52. The third-order valence-electron chi connectivity index (χ3n) is 4.47. The summed E-state index contributed by atoms with van der Waals surface area (Å²) < 4.78 is 18.7. The largest absolute Gasteiger partial charge is 0.378 e. The van der Waals surface area contributed by atoms with Crippen LogP contribution in [0, 0.1) is 5.82 Å². The van der Waals surface area contributed by atoms with E-state index in [1.165, 1.54) is 30.5 Å². The average Bonchev–Trinajstić information content (AvgIpc) is 2.75. The first kappa shape index (κ1) is 18.8. The first-order valence-corrected chi connectivity index (χ1v) is 9.28. The van der Waals surface area contributed by atoms with E-state index in [0.717, 1.165) is 24.5 Å². The molecule has 1 saturated heterocycles. The Bertz CT molecular complexity index is 1010. The summed E-state index contributed by atoms with van der Waals surface area (Å²) in [6.07, 6.45) is 1.51. The minimum absolute atomic E-state index is 0.176. The molecule has 0 spiro atoms. The number of halogens is 1. The Balaban J connectivity index is 1.52. The quantitative estimate of drug-likeness (QED) is 0.691. The molecule has 8 heteroatoms. The highest BCUT2D eigenvalue weighted by atomic mass is 19.1. The van der Waals surface area contributed by atoms with Crippen LogP contribution in [0.15, 0.2) is 60.8 Å². The van der Waals surface area contributed by atoms with Crippen molar-refractivity contribution in [2.45, 2.75) is 0 Å². The summed E-state index contributed by atoms with van der Waals surface area (Å²) in [5.74, 6) is -0.562. The first-order chi connectivity index (χ1) is 14.2. The Morgan fingerprint density at radius 2 is 1.90 bits per heavy atom. The van der Waals surface area contributed by atoms with Crippen LogP contribution in [0.3, 0.4) is 0 Å². The molecule has 0 radical (unpaired) electrons. The fourth-order valence-corrected chi connectivity index (χ4v) is 3.09. The average molecular weight is 393 g/mol. The van der Waals surface area contributed by atoms with Gasteiger partial charge in [0.25, 0.3) is 5.91 Å². The molecule has 2 aromatic carbocycles. The second-order valence-corrected chi connectivity index (χ2v) is 6.47. The van der Waals surface area contributed by atoms with Crippen molar-refractivity contribution in [1.82, 2.24) is 9.97 Å². The zero-order chi connectivity index (χ0) is 20.1. The van der Waals surface area contributed by atoms with Crippen LogP contribution in [0.25, 0.3) is 0 Å². The van der Waals surface area contributed by atoms with Crippen LogP contribution in [0.1, 0.15) is 10.5 Å². The van der Waals surface area contributed by atoms with E-state index in [9.17, 15) is 9.18 Å². The molecule has 1 aliphatic heterocycles. The molecule has 1 aromatic heterocycles. The van der Waals surface area contributed by atoms with Crippen molar-refractivity contribution in [3.8, 4) is 0 Å². The molecule has 1 amide bonds. The summed E-state index contributed by atoms with van der Waals surface area (Å²) in [6, 6.07) is 15.1. The van der Waals surface area contributed by atoms with Crippen LogP contribution in [-0.2, 0) is 4.74 Å². The SMILES string of the molecule is O=C(Nc1cccc(F)c1)c1ccnc(Nc2ccccc2N2CCOCC2)n1. The van der Waals surface area contributed by atoms with Crippen molar-refractivity contribution >= 4 is 28.9 Å². The minimum atomic E-state index is -0.442. The molecule has 0 unspecified atom stereocenters. The minimum Gasteiger partial charge on any atom is -0.378 e. The van der Waals surface area contributed by atoms with E-state index in [1.807, 2.05) is 24.3 Å². The summed E-state index contributed by atoms with van der Waals surface area (Å²) in [7, 11) is 0. The highest BCUT2D eigenvalue weighted by Crippen LogP contribution is 2.28. The predicted octanol–water partition coefficient (Wildman–Crippen LogP) is 3.45. The molecule has 1 aliphatic rings. The number of amides is 1. The number of benzene rings is 2. The van der Waals surface area contributed by atoms with Gasteiger partial charge in [0.2, 0.25) is 5.95 Å². The number of hydrogen-bond acceptors (Lipinski definition) is 6. The van der Waals surface area contributed by atoms with Crippen molar-refractivity contribution in [3.63, 3.8) is 0 Å². The summed E-state index contributed by atoms with van der Waals surface area (Å²) in [6.45, 7) is 2.96. The van der Waals surface area contributed by atoms with Crippen LogP contribution < -0.4 is 15.5 Å². The second-order valence-electron chi connectivity index (χ2n) is 6.47. The van der Waals surface area contributed by atoms with Gasteiger partial charge < -0.3 is 20.3 Å². The molecule has 1 fully saturated rings. The Morgan fingerprint density at radius 3 is 2.72 bits per heavy atom. The van der Waals surface area contributed by atoms with E-state index in [4.69, 9.17) is 4.74 Å². The van der Waals surface area contributed by atoms with Gasteiger partial charge in [-0.25, -0.2) is 14.4 Å². The van der Waals surface area contributed by atoms with E-state index in [1.54, 1.807) is 6.07 Å². The standard InChI is InChI=1S/C21H20FN5O2/c22-15-4-3-5-16(14-15)24-20(28)18-8-9-23-21(26-18)25-17-6-1-2-7-19(17)27-10-12-29-13-11-27/h1-9,14H,10-13H2,(H,24,28)(H,23,25,26). The molecule has 0 aliphatic carbocycles. The van der Waals surface area contributed by atoms with Crippen LogP contribution in [0.4, 0.5) is 27.4 Å². The normalized spacial score (nSPS) is 13.8. The number of nitrogens with one attached hydrogen (secondary N) is 2. The van der Waals surface area contributed by atoms with E-state index >= 15 is 0 Å². The molecule has 0 bridgehead atoms. The maximum absolute atomic E-state index is 13.3. The summed E-state index contributed by atoms with van der Waals surface area (Å²) in [4.78, 5) is 23.2. The van der Waals surface area contributed by atoms with E-state index in [0.29, 0.717) is 24.8 Å². The molecule has 4 rings (SSSR count). The van der Waals surface area contributed by atoms with Gasteiger partial charge in [-0.1, -0.05) is 18.2 Å². The van der Waals surface area contributed by atoms with Gasteiger partial charge in [-0.3, -0.25) is 4.79 Å². The number of aromatic nitrogens is 2. The lowest BCUT2D eigenvalue weighted by molar-refractivity contribution is 0.102. The Morgan fingerprint density at radius 1 is 1.07 bits per heavy atom. The highest BCUT2D eigenvalue weighted by molar-refractivity contribution is 6.03. The molecule has 2 heterocycles. The van der Waals surface area contributed by atoms with Gasteiger partial charge in [-0.2, -0.15) is 0 Å². The third kappa shape index (κ3) is 4.67. The lowest BCUT2D eigenvalue weighted by atomic mass is 10.2. The monoisotopic (exact) mass is 393 g/mol. The summed E-state index contributed by atoms with van der Waals surface area (Å²) in [5.41, 5.74) is 2.41. The predicted molar refractivity (Wildman–Crippen MR) is 109 cm³/mol. The van der Waals surface area contributed by atoms with Crippen LogP contribution >= 0.6 is 0 Å². The summed E-state index contributed by atoms with van der Waals surface area (Å²) in [5, 5.41) is 5.83. The van der Waals surface area contributed by atoms with Gasteiger partial charge in [0, 0.05) is 25.0 Å². The highest BCUT2D eigenvalue weighted by Gasteiger charge is 2.16. The molecule has 2 N–H and O–H groups in total. The zero-order valence-corrected chi connectivity index (χ0v) is 15.6. The van der Waals surface area contributed by atoms with Crippen LogP contribution in [0.2, 0.25) is 0 Å². The van der Waals surface area contributed by atoms with E-state index in [2.05, 4.69) is 25.5 Å². The number of rotatable bonds is 5. The van der Waals surface area contributed by atoms with Crippen molar-refractivity contribution in [3.05, 3.63) is 72.3 Å². The molecule has 7 nitrogen and oxygen atoms in total. The number of morpholine rings is 1. The van der Waals surface area contributed by atoms with Crippen LogP contribution in [0.5, 0.6) is 0 Å². The molecule has 29 heavy (non-hydrogen) atoms. The molecule has 148 valence electrons.